The largest absolute Gasteiger partial charge is 0.508 e. The van der Waals surface area contributed by atoms with Crippen LogP contribution in [0.5, 0.6) is 5.75 Å². The van der Waals surface area contributed by atoms with E-state index in [4.69, 9.17) is 0 Å². The van der Waals surface area contributed by atoms with E-state index in [1.165, 1.54) is 31.2 Å². The van der Waals surface area contributed by atoms with Gasteiger partial charge in [0.1, 0.15) is 5.75 Å². The van der Waals surface area contributed by atoms with Gasteiger partial charge in [0, 0.05) is 17.1 Å². The van der Waals surface area contributed by atoms with Crippen molar-refractivity contribution in [2.75, 3.05) is 13.1 Å². The number of unbranched alkanes of at least 4 members (excludes halogenated alkanes) is 3. The van der Waals surface area contributed by atoms with Gasteiger partial charge in [-0.3, -0.25) is 0 Å². The molecule has 0 atom stereocenters. The number of phenolic OH excluding ortho intramolecular Hbond substituents is 1. The third kappa shape index (κ3) is 4.00. The maximum atomic E-state index is 9.54. The molecule has 104 valence electrons. The van der Waals surface area contributed by atoms with Crippen molar-refractivity contribution in [3.8, 4) is 5.75 Å². The van der Waals surface area contributed by atoms with E-state index in [1.807, 2.05) is 18.3 Å². The number of benzene rings is 1. The number of aromatic nitrogens is 1. The molecule has 1 aromatic heterocycles. The molecule has 0 amide bonds. The molecule has 0 saturated heterocycles. The summed E-state index contributed by atoms with van der Waals surface area (Å²) in [5.74, 6) is 0.334. The highest BCUT2D eigenvalue weighted by Gasteiger charge is 2.03. The third-order valence-corrected chi connectivity index (χ3v) is 3.53. The van der Waals surface area contributed by atoms with E-state index in [0.717, 1.165) is 30.4 Å². The molecule has 0 radical (unpaired) electrons. The zero-order valence-corrected chi connectivity index (χ0v) is 11.7. The first-order chi connectivity index (χ1) is 9.31. The molecule has 0 spiro atoms. The Bertz CT molecular complexity index is 504. The zero-order valence-electron chi connectivity index (χ0n) is 11.7. The number of H-pyrrole nitrogens is 1. The van der Waals surface area contributed by atoms with Crippen molar-refractivity contribution in [2.45, 2.75) is 39.0 Å². The predicted molar refractivity (Wildman–Crippen MR) is 80.7 cm³/mol. The number of rotatable bonds is 8. The number of aromatic hydroxyl groups is 1. The Balaban J connectivity index is 1.77. The van der Waals surface area contributed by atoms with Gasteiger partial charge < -0.3 is 15.4 Å². The number of aromatic amines is 1. The van der Waals surface area contributed by atoms with Crippen molar-refractivity contribution in [3.63, 3.8) is 0 Å². The van der Waals surface area contributed by atoms with Crippen molar-refractivity contribution in [1.29, 1.82) is 0 Å². The maximum Gasteiger partial charge on any atom is 0.116 e. The Hall–Kier alpha value is -1.48. The fraction of sp³-hybridized carbons (Fsp3) is 0.500. The molecular formula is C16H24N2O. The molecule has 1 heterocycles. The molecule has 0 saturated carbocycles. The molecule has 3 N–H and O–H groups in total. The minimum atomic E-state index is 0.334. The van der Waals surface area contributed by atoms with E-state index in [1.54, 1.807) is 6.07 Å². The van der Waals surface area contributed by atoms with Gasteiger partial charge in [0.2, 0.25) is 0 Å². The smallest absolute Gasteiger partial charge is 0.116 e. The Morgan fingerprint density at radius 1 is 1.16 bits per heavy atom. The summed E-state index contributed by atoms with van der Waals surface area (Å²) in [6.07, 6.45) is 8.26. The van der Waals surface area contributed by atoms with Crippen LogP contribution in [0, 0.1) is 0 Å². The van der Waals surface area contributed by atoms with Crippen LogP contribution in [-0.4, -0.2) is 23.2 Å². The van der Waals surface area contributed by atoms with Crippen molar-refractivity contribution in [2.24, 2.45) is 0 Å². The summed E-state index contributed by atoms with van der Waals surface area (Å²) in [5.41, 5.74) is 2.36. The third-order valence-electron chi connectivity index (χ3n) is 3.53. The average Bonchev–Trinajstić information content (AvgIpc) is 2.80. The quantitative estimate of drug-likeness (QED) is 0.635. The molecular weight excluding hydrogens is 236 g/mol. The molecule has 0 fully saturated rings. The molecule has 1 aromatic carbocycles. The second-order valence-electron chi connectivity index (χ2n) is 5.10. The highest BCUT2D eigenvalue weighted by atomic mass is 16.3. The summed E-state index contributed by atoms with van der Waals surface area (Å²) in [4.78, 5) is 3.25. The second kappa shape index (κ2) is 7.19. The Kier molecular flexibility index (Phi) is 5.28. The Morgan fingerprint density at radius 3 is 2.89 bits per heavy atom. The zero-order chi connectivity index (χ0) is 13.5. The predicted octanol–water partition coefficient (Wildman–Crippen LogP) is 3.59. The first-order valence-corrected chi connectivity index (χ1v) is 7.31. The molecule has 2 rings (SSSR count). The van der Waals surface area contributed by atoms with E-state index in [9.17, 15) is 5.11 Å². The van der Waals surface area contributed by atoms with Crippen LogP contribution >= 0.6 is 0 Å². The van der Waals surface area contributed by atoms with Crippen molar-refractivity contribution in [3.05, 3.63) is 30.0 Å². The summed E-state index contributed by atoms with van der Waals surface area (Å²) in [5, 5.41) is 14.2. The van der Waals surface area contributed by atoms with Crippen molar-refractivity contribution < 1.29 is 5.11 Å². The topological polar surface area (TPSA) is 48.0 Å². The number of nitrogens with one attached hydrogen (secondary N) is 2. The van der Waals surface area contributed by atoms with Crippen LogP contribution in [0.2, 0.25) is 0 Å². The van der Waals surface area contributed by atoms with Crippen LogP contribution < -0.4 is 5.32 Å². The Labute approximate surface area is 115 Å². The van der Waals surface area contributed by atoms with Crippen LogP contribution in [0.1, 0.15) is 38.2 Å². The molecule has 0 aliphatic carbocycles. The van der Waals surface area contributed by atoms with Crippen LogP contribution in [0.4, 0.5) is 0 Å². The SMILES string of the molecule is CCCCCCNCCc1c[nH]c2ccc(O)cc12. The molecule has 3 nitrogen and oxygen atoms in total. The molecule has 0 bridgehead atoms. The average molecular weight is 260 g/mol. The van der Waals surface area contributed by atoms with Crippen LogP contribution in [0.15, 0.2) is 24.4 Å². The van der Waals surface area contributed by atoms with Gasteiger partial charge in [-0.15, -0.1) is 0 Å². The van der Waals surface area contributed by atoms with Gasteiger partial charge in [-0.2, -0.15) is 0 Å². The first-order valence-electron chi connectivity index (χ1n) is 7.31. The molecule has 3 heteroatoms. The molecule has 2 aromatic rings. The monoisotopic (exact) mass is 260 g/mol. The molecule has 0 aliphatic rings. The maximum absolute atomic E-state index is 9.54. The normalized spacial score (nSPS) is 11.2. The Morgan fingerprint density at radius 2 is 2.05 bits per heavy atom. The van der Waals surface area contributed by atoms with E-state index in [0.29, 0.717) is 5.75 Å². The first kappa shape index (κ1) is 13.9. The molecule has 19 heavy (non-hydrogen) atoms. The lowest BCUT2D eigenvalue weighted by Crippen LogP contribution is -2.18. The van der Waals surface area contributed by atoms with Crippen molar-refractivity contribution >= 4 is 10.9 Å². The summed E-state index contributed by atoms with van der Waals surface area (Å²) in [6, 6.07) is 5.48. The standard InChI is InChI=1S/C16H24N2O/c1-2-3-4-5-9-17-10-8-13-12-18-16-7-6-14(19)11-15(13)16/h6-7,11-12,17-19H,2-5,8-10H2,1H3. The van der Waals surface area contributed by atoms with E-state index < -0.39 is 0 Å². The van der Waals surface area contributed by atoms with E-state index in [2.05, 4.69) is 17.2 Å². The van der Waals surface area contributed by atoms with Crippen LogP contribution in [-0.2, 0) is 6.42 Å². The highest BCUT2D eigenvalue weighted by molar-refractivity contribution is 5.84. The minimum Gasteiger partial charge on any atom is -0.508 e. The summed E-state index contributed by atoms with van der Waals surface area (Å²) in [7, 11) is 0. The van der Waals surface area contributed by atoms with Gasteiger partial charge in [0.25, 0.3) is 0 Å². The number of phenols is 1. The lowest BCUT2D eigenvalue weighted by Gasteiger charge is -2.04. The second-order valence-corrected chi connectivity index (χ2v) is 5.10. The van der Waals surface area contributed by atoms with Gasteiger partial charge in [-0.1, -0.05) is 26.2 Å². The summed E-state index contributed by atoms with van der Waals surface area (Å²) < 4.78 is 0. The summed E-state index contributed by atoms with van der Waals surface area (Å²) in [6.45, 7) is 4.34. The van der Waals surface area contributed by atoms with Gasteiger partial charge in [-0.25, -0.2) is 0 Å². The van der Waals surface area contributed by atoms with E-state index in [-0.39, 0.29) is 0 Å². The van der Waals surface area contributed by atoms with Crippen LogP contribution in [0.3, 0.4) is 0 Å². The van der Waals surface area contributed by atoms with Gasteiger partial charge in [0.05, 0.1) is 0 Å². The van der Waals surface area contributed by atoms with Gasteiger partial charge >= 0.3 is 0 Å². The highest BCUT2D eigenvalue weighted by Crippen LogP contribution is 2.22. The number of hydrogen-bond donors (Lipinski definition) is 3. The van der Waals surface area contributed by atoms with Gasteiger partial charge in [0.15, 0.2) is 0 Å². The molecule has 0 aliphatic heterocycles. The summed E-state index contributed by atoms with van der Waals surface area (Å²) >= 11 is 0. The van der Waals surface area contributed by atoms with E-state index >= 15 is 0 Å². The lowest BCUT2D eigenvalue weighted by atomic mass is 10.1. The van der Waals surface area contributed by atoms with Crippen LogP contribution in [0.25, 0.3) is 10.9 Å². The fourth-order valence-electron chi connectivity index (χ4n) is 2.40. The molecule has 0 unspecified atom stereocenters. The minimum absolute atomic E-state index is 0.334. The van der Waals surface area contributed by atoms with Crippen molar-refractivity contribution in [1.82, 2.24) is 10.3 Å². The number of hydrogen-bond acceptors (Lipinski definition) is 2. The lowest BCUT2D eigenvalue weighted by molar-refractivity contribution is 0.476. The van der Waals surface area contributed by atoms with Gasteiger partial charge in [-0.05, 0) is 49.7 Å². The number of fused-ring (bicyclic) bond motifs is 1. The fourth-order valence-corrected chi connectivity index (χ4v) is 2.40.